The maximum Gasteiger partial charge on any atom is 0.294 e. The molecule has 0 saturated heterocycles. The minimum atomic E-state index is -4.03. The molecule has 44 heavy (non-hydrogen) atoms. The van der Waals surface area contributed by atoms with Crippen molar-refractivity contribution in [1.29, 1.82) is 0 Å². The Bertz CT molecular complexity index is 1740. The Balaban J connectivity index is 0.000000404. The van der Waals surface area contributed by atoms with Crippen molar-refractivity contribution in [2.45, 2.75) is 11.8 Å². The Morgan fingerprint density at radius 2 is 1.80 bits per heavy atom. The molecule has 3 aromatic carbocycles. The van der Waals surface area contributed by atoms with Gasteiger partial charge in [-0.05, 0) is 50.3 Å². The molecule has 4 N–H and O–H groups in total. The lowest BCUT2D eigenvalue weighted by Gasteiger charge is -2.22. The number of nitrogens with two attached hydrogens (primary N) is 1. The summed E-state index contributed by atoms with van der Waals surface area (Å²) in [4.78, 5) is 23.9. The van der Waals surface area contributed by atoms with E-state index < -0.39 is 15.0 Å². The monoisotopic (exact) mass is 687 g/mol. The SMILES string of the molecule is COc1cc(N(C)CCN(C)C)c([N+](=O)[O-])cc1Nc1ncc(-c2cccc(Br)c2)c(N)n1.Cc1ccccc1S(=O)(=O)O. The van der Waals surface area contributed by atoms with E-state index in [1.807, 2.05) is 55.2 Å². The smallest absolute Gasteiger partial charge is 0.294 e. The number of methoxy groups -OCH3 is 1. The number of rotatable bonds is 10. The first-order chi connectivity index (χ1) is 20.7. The average Bonchev–Trinajstić information content (AvgIpc) is 2.95. The Kier molecular flexibility index (Phi) is 11.6. The van der Waals surface area contributed by atoms with Crippen molar-refractivity contribution in [3.8, 4) is 16.9 Å². The van der Waals surface area contributed by atoms with E-state index in [2.05, 4.69) is 31.2 Å². The molecular formula is C29H34BrN7O6S. The van der Waals surface area contributed by atoms with Gasteiger partial charge in [0.05, 0.1) is 22.6 Å². The summed E-state index contributed by atoms with van der Waals surface area (Å²) in [6.45, 7) is 2.98. The zero-order valence-corrected chi connectivity index (χ0v) is 27.3. The number of ether oxygens (including phenoxy) is 1. The average molecular weight is 689 g/mol. The Morgan fingerprint density at radius 3 is 2.34 bits per heavy atom. The van der Waals surface area contributed by atoms with Gasteiger partial charge < -0.3 is 25.6 Å². The van der Waals surface area contributed by atoms with Gasteiger partial charge in [-0.1, -0.05) is 46.3 Å². The number of aromatic nitrogens is 2. The molecule has 0 aliphatic carbocycles. The van der Waals surface area contributed by atoms with Gasteiger partial charge in [-0.25, -0.2) is 4.98 Å². The first kappa shape index (κ1) is 34.2. The molecule has 234 valence electrons. The number of nitrogens with one attached hydrogen (secondary N) is 1. The van der Waals surface area contributed by atoms with E-state index in [1.165, 1.54) is 19.2 Å². The molecule has 15 heteroatoms. The molecule has 0 saturated carbocycles. The van der Waals surface area contributed by atoms with Crippen LogP contribution in [0.1, 0.15) is 5.56 Å². The van der Waals surface area contributed by atoms with Crippen LogP contribution in [0.4, 0.5) is 28.8 Å². The molecule has 4 rings (SSSR count). The highest BCUT2D eigenvalue weighted by atomic mass is 79.9. The van der Waals surface area contributed by atoms with E-state index in [1.54, 1.807) is 37.4 Å². The van der Waals surface area contributed by atoms with Crippen molar-refractivity contribution in [3.05, 3.63) is 87.0 Å². The van der Waals surface area contributed by atoms with Crippen LogP contribution in [-0.2, 0) is 10.1 Å². The van der Waals surface area contributed by atoms with Gasteiger partial charge in [-0.2, -0.15) is 13.4 Å². The van der Waals surface area contributed by atoms with Crippen LogP contribution in [0.3, 0.4) is 0 Å². The molecule has 4 aromatic rings. The van der Waals surface area contributed by atoms with Crippen LogP contribution < -0.4 is 20.7 Å². The topological polar surface area (TPSA) is 177 Å². The van der Waals surface area contributed by atoms with Gasteiger partial charge >= 0.3 is 0 Å². The summed E-state index contributed by atoms with van der Waals surface area (Å²) in [6, 6.07) is 17.0. The normalized spacial score (nSPS) is 11.0. The molecule has 0 radical (unpaired) electrons. The molecule has 0 aliphatic rings. The van der Waals surface area contributed by atoms with E-state index >= 15 is 0 Å². The van der Waals surface area contributed by atoms with Crippen LogP contribution in [0.25, 0.3) is 11.1 Å². The summed E-state index contributed by atoms with van der Waals surface area (Å²) >= 11 is 3.44. The Labute approximate surface area is 264 Å². The van der Waals surface area contributed by atoms with E-state index in [0.29, 0.717) is 34.8 Å². The number of benzene rings is 3. The van der Waals surface area contributed by atoms with Gasteiger partial charge in [-0.3, -0.25) is 14.7 Å². The van der Waals surface area contributed by atoms with E-state index in [9.17, 15) is 18.5 Å². The number of halogens is 1. The minimum Gasteiger partial charge on any atom is -0.494 e. The van der Waals surface area contributed by atoms with Crippen LogP contribution >= 0.6 is 15.9 Å². The molecule has 0 unspecified atom stereocenters. The number of nitrogens with zero attached hydrogens (tertiary/aromatic N) is 5. The number of nitrogen functional groups attached to an aromatic ring is 1. The molecule has 0 aliphatic heterocycles. The first-order valence-electron chi connectivity index (χ1n) is 13.1. The third kappa shape index (κ3) is 9.09. The highest BCUT2D eigenvalue weighted by Gasteiger charge is 2.22. The van der Waals surface area contributed by atoms with Crippen LogP contribution in [0, 0.1) is 17.0 Å². The van der Waals surface area contributed by atoms with Crippen LogP contribution in [0.2, 0.25) is 0 Å². The first-order valence-corrected chi connectivity index (χ1v) is 15.4. The Hall–Kier alpha value is -4.31. The predicted molar refractivity (Wildman–Crippen MR) is 175 cm³/mol. The number of likely N-dealkylation sites (N-methyl/N-ethyl adjacent to an activating group) is 2. The second-order valence-corrected chi connectivity index (χ2v) is 12.2. The zero-order chi connectivity index (χ0) is 32.6. The van der Waals surface area contributed by atoms with Gasteiger partial charge in [-0.15, -0.1) is 0 Å². The number of nitro benzene ring substituents is 1. The summed E-state index contributed by atoms with van der Waals surface area (Å²) in [7, 11) is 3.17. The number of hydrogen-bond donors (Lipinski definition) is 3. The van der Waals surface area contributed by atoms with Crippen molar-refractivity contribution >= 4 is 54.9 Å². The fourth-order valence-electron chi connectivity index (χ4n) is 4.05. The van der Waals surface area contributed by atoms with Crippen molar-refractivity contribution in [1.82, 2.24) is 14.9 Å². The summed E-state index contributed by atoms with van der Waals surface area (Å²) in [5.74, 6) is 0.900. The highest BCUT2D eigenvalue weighted by molar-refractivity contribution is 9.10. The standard InChI is InChI=1S/C22H26BrN7O3.C7H8O3S/c1-28(2)8-9-29(3)18-12-20(33-4)17(11-19(18)30(31)32)26-22-25-13-16(21(24)27-22)14-6-5-7-15(23)10-14;1-6-4-2-3-5-7(6)11(8,9)10/h5-7,10-13H,8-9H2,1-4H3,(H3,24,25,26,27);2-5H,1H3,(H,8,9,10). The Morgan fingerprint density at radius 1 is 1.09 bits per heavy atom. The summed E-state index contributed by atoms with van der Waals surface area (Å²) < 4.78 is 36.3. The second-order valence-electron chi connectivity index (χ2n) is 9.89. The molecule has 0 bridgehead atoms. The predicted octanol–water partition coefficient (Wildman–Crippen LogP) is 5.39. The lowest BCUT2D eigenvalue weighted by atomic mass is 10.1. The quantitative estimate of drug-likeness (QED) is 0.110. The van der Waals surface area contributed by atoms with Gasteiger partial charge in [0.2, 0.25) is 5.95 Å². The molecule has 13 nitrogen and oxygen atoms in total. The van der Waals surface area contributed by atoms with Crippen LogP contribution in [0.5, 0.6) is 5.75 Å². The van der Waals surface area contributed by atoms with Gasteiger partial charge in [0.25, 0.3) is 15.8 Å². The molecule has 0 amide bonds. The molecule has 0 spiro atoms. The minimum absolute atomic E-state index is 0.0278. The maximum absolute atomic E-state index is 11.8. The van der Waals surface area contributed by atoms with Gasteiger partial charge in [0, 0.05) is 48.5 Å². The second kappa shape index (κ2) is 14.9. The number of anilines is 4. The van der Waals surface area contributed by atoms with Crippen LogP contribution in [-0.4, -0.2) is 74.1 Å². The molecule has 0 atom stereocenters. The molecule has 1 aromatic heterocycles. The zero-order valence-electron chi connectivity index (χ0n) is 24.9. The molecule has 0 fully saturated rings. The molecular weight excluding hydrogens is 654 g/mol. The van der Waals surface area contributed by atoms with Gasteiger partial charge in [0.15, 0.2) is 0 Å². The number of hydrogen-bond acceptors (Lipinski definition) is 11. The largest absolute Gasteiger partial charge is 0.494 e. The third-order valence-corrected chi connectivity index (χ3v) is 7.87. The summed E-state index contributed by atoms with van der Waals surface area (Å²) in [6.07, 6.45) is 1.61. The lowest BCUT2D eigenvalue weighted by Crippen LogP contribution is -2.28. The van der Waals surface area contributed by atoms with Crippen LogP contribution in [0.15, 0.2) is 76.2 Å². The lowest BCUT2D eigenvalue weighted by molar-refractivity contribution is -0.384. The van der Waals surface area contributed by atoms with Crippen molar-refractivity contribution in [3.63, 3.8) is 0 Å². The van der Waals surface area contributed by atoms with E-state index in [-0.39, 0.29) is 22.3 Å². The highest BCUT2D eigenvalue weighted by Crippen LogP contribution is 2.39. The van der Waals surface area contributed by atoms with Crippen molar-refractivity contribution in [2.75, 3.05) is 57.3 Å². The molecule has 1 heterocycles. The van der Waals surface area contributed by atoms with Crippen molar-refractivity contribution < 1.29 is 22.6 Å². The summed E-state index contributed by atoms with van der Waals surface area (Å²) in [5, 5.41) is 14.8. The summed E-state index contributed by atoms with van der Waals surface area (Å²) in [5.41, 5.74) is 9.03. The number of nitro groups is 1. The fourth-order valence-corrected chi connectivity index (χ4v) is 5.17. The third-order valence-electron chi connectivity index (χ3n) is 6.36. The van der Waals surface area contributed by atoms with Gasteiger partial charge in [0.1, 0.15) is 17.3 Å². The maximum atomic E-state index is 11.8. The fraction of sp³-hybridized carbons (Fsp3) is 0.241. The van der Waals surface area contributed by atoms with Crippen molar-refractivity contribution in [2.24, 2.45) is 0 Å². The van der Waals surface area contributed by atoms with E-state index in [0.717, 1.165) is 16.6 Å². The number of aryl methyl sites for hydroxylation is 1. The van der Waals surface area contributed by atoms with E-state index in [4.69, 9.17) is 15.0 Å².